The number of hydrogen-bond donors (Lipinski definition) is 2. The summed E-state index contributed by atoms with van der Waals surface area (Å²) in [4.78, 5) is 0. The number of nitrogens with two attached hydrogens (primary N) is 1. The Hall–Kier alpha value is -0.370. The van der Waals surface area contributed by atoms with Gasteiger partial charge in [-0.1, -0.05) is 0 Å². The lowest BCUT2D eigenvalue weighted by atomic mass is 10.0. The SMILES string of the molecule is COC(OC)C(C)(CN)NCC(F)(F)F. The molecule has 1 unspecified atom stereocenters. The third-order valence-electron chi connectivity index (χ3n) is 2.07. The van der Waals surface area contributed by atoms with Crippen molar-refractivity contribution in [3.05, 3.63) is 0 Å². The fraction of sp³-hybridized carbons (Fsp3) is 1.00. The van der Waals surface area contributed by atoms with Crippen LogP contribution < -0.4 is 11.1 Å². The predicted molar refractivity (Wildman–Crippen MR) is 49.3 cm³/mol. The van der Waals surface area contributed by atoms with Gasteiger partial charge in [0.05, 0.1) is 12.1 Å². The summed E-state index contributed by atoms with van der Waals surface area (Å²) >= 11 is 0. The van der Waals surface area contributed by atoms with Crippen LogP contribution in [0.2, 0.25) is 0 Å². The number of halogens is 3. The van der Waals surface area contributed by atoms with Crippen molar-refractivity contribution in [3.8, 4) is 0 Å². The molecule has 0 rings (SSSR count). The van der Waals surface area contributed by atoms with Gasteiger partial charge in [0.25, 0.3) is 0 Å². The topological polar surface area (TPSA) is 56.5 Å². The number of methoxy groups -OCH3 is 2. The van der Waals surface area contributed by atoms with Crippen molar-refractivity contribution in [1.82, 2.24) is 5.32 Å². The van der Waals surface area contributed by atoms with Gasteiger partial charge >= 0.3 is 6.18 Å². The minimum Gasteiger partial charge on any atom is -0.354 e. The van der Waals surface area contributed by atoms with E-state index in [1.807, 2.05) is 0 Å². The van der Waals surface area contributed by atoms with Crippen LogP contribution in [0.1, 0.15) is 6.92 Å². The second-order valence-electron chi connectivity index (χ2n) is 3.39. The van der Waals surface area contributed by atoms with Gasteiger partial charge in [-0.25, -0.2) is 0 Å². The normalized spacial score (nSPS) is 16.8. The lowest BCUT2D eigenvalue weighted by Crippen LogP contribution is -2.60. The first-order valence-corrected chi connectivity index (χ1v) is 4.36. The van der Waals surface area contributed by atoms with Crippen LogP contribution >= 0.6 is 0 Å². The molecule has 0 aliphatic heterocycles. The average Bonchev–Trinajstić information content (AvgIpc) is 2.15. The van der Waals surface area contributed by atoms with Crippen molar-refractivity contribution < 1.29 is 22.6 Å². The summed E-state index contributed by atoms with van der Waals surface area (Å²) in [6.45, 7) is 0.343. The van der Waals surface area contributed by atoms with Crippen molar-refractivity contribution in [1.29, 1.82) is 0 Å². The first kappa shape index (κ1) is 14.6. The molecule has 3 N–H and O–H groups in total. The molecule has 15 heavy (non-hydrogen) atoms. The maximum absolute atomic E-state index is 12.0. The van der Waals surface area contributed by atoms with E-state index >= 15 is 0 Å². The maximum atomic E-state index is 12.0. The van der Waals surface area contributed by atoms with Crippen LogP contribution in [0, 0.1) is 0 Å². The average molecular weight is 230 g/mol. The first-order valence-electron chi connectivity index (χ1n) is 4.36. The molecule has 0 saturated heterocycles. The third kappa shape index (κ3) is 4.78. The smallest absolute Gasteiger partial charge is 0.354 e. The minimum atomic E-state index is -4.29. The van der Waals surface area contributed by atoms with E-state index in [0.29, 0.717) is 0 Å². The molecule has 92 valence electrons. The highest BCUT2D eigenvalue weighted by atomic mass is 19.4. The second-order valence-corrected chi connectivity index (χ2v) is 3.39. The summed E-state index contributed by atoms with van der Waals surface area (Å²) in [6.07, 6.45) is -5.12. The van der Waals surface area contributed by atoms with E-state index in [0.717, 1.165) is 0 Å². The minimum absolute atomic E-state index is 0.0323. The lowest BCUT2D eigenvalue weighted by Gasteiger charge is -2.35. The van der Waals surface area contributed by atoms with Gasteiger partial charge in [0.15, 0.2) is 6.29 Å². The molecule has 0 spiro atoms. The van der Waals surface area contributed by atoms with Gasteiger partial charge in [-0.05, 0) is 6.92 Å². The molecule has 0 fully saturated rings. The zero-order valence-electron chi connectivity index (χ0n) is 9.02. The Morgan fingerprint density at radius 3 is 2.00 bits per heavy atom. The Labute approximate surface area is 86.9 Å². The highest BCUT2D eigenvalue weighted by molar-refractivity contribution is 4.88. The van der Waals surface area contributed by atoms with Gasteiger partial charge in [0, 0.05) is 20.8 Å². The molecule has 0 radical (unpaired) electrons. The zero-order chi connectivity index (χ0) is 12.1. The van der Waals surface area contributed by atoms with Crippen molar-refractivity contribution >= 4 is 0 Å². The van der Waals surface area contributed by atoms with Gasteiger partial charge in [-0.2, -0.15) is 13.2 Å². The quantitative estimate of drug-likeness (QED) is 0.651. The summed E-state index contributed by atoms with van der Waals surface area (Å²) in [7, 11) is 2.69. The first-order chi connectivity index (χ1) is 6.79. The molecule has 0 aliphatic carbocycles. The fourth-order valence-electron chi connectivity index (χ4n) is 1.17. The van der Waals surface area contributed by atoms with E-state index in [2.05, 4.69) is 5.32 Å². The van der Waals surface area contributed by atoms with Crippen molar-refractivity contribution in [2.75, 3.05) is 27.3 Å². The van der Waals surface area contributed by atoms with Crippen LogP contribution in [0.3, 0.4) is 0 Å². The van der Waals surface area contributed by atoms with Crippen molar-refractivity contribution in [2.24, 2.45) is 5.73 Å². The van der Waals surface area contributed by atoms with Crippen LogP contribution in [0.25, 0.3) is 0 Å². The molecule has 0 amide bonds. The molecule has 0 aromatic heterocycles. The molecule has 0 bridgehead atoms. The summed E-state index contributed by atoms with van der Waals surface area (Å²) in [5.41, 5.74) is 4.33. The molecule has 4 nitrogen and oxygen atoms in total. The number of hydrogen-bond acceptors (Lipinski definition) is 4. The van der Waals surface area contributed by atoms with E-state index in [-0.39, 0.29) is 6.54 Å². The van der Waals surface area contributed by atoms with Crippen molar-refractivity contribution in [2.45, 2.75) is 24.9 Å². The highest BCUT2D eigenvalue weighted by Crippen LogP contribution is 2.17. The molecule has 0 saturated carbocycles. The van der Waals surface area contributed by atoms with Crippen LogP contribution in [-0.2, 0) is 9.47 Å². The Kier molecular flexibility index (Phi) is 5.50. The van der Waals surface area contributed by atoms with Crippen molar-refractivity contribution in [3.63, 3.8) is 0 Å². The molecule has 7 heteroatoms. The summed E-state index contributed by atoms with van der Waals surface area (Å²) in [6, 6.07) is 0. The fourth-order valence-corrected chi connectivity index (χ4v) is 1.17. The molecular formula is C8H17F3N2O2. The van der Waals surface area contributed by atoms with E-state index in [9.17, 15) is 13.2 Å². The van der Waals surface area contributed by atoms with Gasteiger partial charge in [-0.3, -0.25) is 5.32 Å². The summed E-state index contributed by atoms with van der Waals surface area (Å²) in [5, 5.41) is 2.29. The van der Waals surface area contributed by atoms with E-state index in [1.54, 1.807) is 0 Å². The third-order valence-corrected chi connectivity index (χ3v) is 2.07. The van der Waals surface area contributed by atoms with E-state index in [1.165, 1.54) is 21.1 Å². The molecular weight excluding hydrogens is 213 g/mol. The second kappa shape index (κ2) is 5.64. The van der Waals surface area contributed by atoms with Crippen LogP contribution in [0.4, 0.5) is 13.2 Å². The molecule has 1 atom stereocenters. The van der Waals surface area contributed by atoms with Crippen LogP contribution in [-0.4, -0.2) is 45.3 Å². The number of alkyl halides is 3. The number of rotatable bonds is 6. The van der Waals surface area contributed by atoms with E-state index in [4.69, 9.17) is 15.2 Å². The standard InChI is InChI=1S/C8H17F3N2O2/c1-7(4-12,6(14-2)15-3)13-5-8(9,10)11/h6,13H,4-5,12H2,1-3H3. The zero-order valence-corrected chi connectivity index (χ0v) is 9.02. The Morgan fingerprint density at radius 2 is 1.73 bits per heavy atom. The highest BCUT2D eigenvalue weighted by Gasteiger charge is 2.37. The molecule has 0 aromatic rings. The Balaban J connectivity index is 4.42. The van der Waals surface area contributed by atoms with Gasteiger partial charge < -0.3 is 15.2 Å². The monoisotopic (exact) mass is 230 g/mol. The molecule has 0 aliphatic rings. The summed E-state index contributed by atoms with van der Waals surface area (Å²) in [5.74, 6) is 0. The summed E-state index contributed by atoms with van der Waals surface area (Å²) < 4.78 is 45.8. The Bertz CT molecular complexity index is 185. The Morgan fingerprint density at radius 1 is 1.27 bits per heavy atom. The number of nitrogens with one attached hydrogen (secondary N) is 1. The number of ether oxygens (including phenoxy) is 2. The molecule has 0 aromatic carbocycles. The van der Waals surface area contributed by atoms with E-state index < -0.39 is 24.6 Å². The largest absolute Gasteiger partial charge is 0.401 e. The van der Waals surface area contributed by atoms with Gasteiger partial charge in [0.1, 0.15) is 0 Å². The lowest BCUT2D eigenvalue weighted by molar-refractivity contribution is -0.166. The molecule has 0 heterocycles. The van der Waals surface area contributed by atoms with Gasteiger partial charge in [-0.15, -0.1) is 0 Å². The van der Waals surface area contributed by atoms with Crippen LogP contribution in [0.15, 0.2) is 0 Å². The predicted octanol–water partition coefficient (Wildman–Crippen LogP) is 0.475. The van der Waals surface area contributed by atoms with Gasteiger partial charge in [0.2, 0.25) is 0 Å². The maximum Gasteiger partial charge on any atom is 0.401 e. The van der Waals surface area contributed by atoms with Crippen LogP contribution in [0.5, 0.6) is 0 Å².